The van der Waals surface area contributed by atoms with Gasteiger partial charge in [-0.3, -0.25) is 0 Å². The van der Waals surface area contributed by atoms with Gasteiger partial charge in [-0.2, -0.15) is 17.4 Å². The van der Waals surface area contributed by atoms with Crippen molar-refractivity contribution >= 4 is 10.2 Å². The highest BCUT2D eigenvalue weighted by Gasteiger charge is 2.31. The first kappa shape index (κ1) is 12.3. The van der Waals surface area contributed by atoms with Crippen molar-refractivity contribution in [3.63, 3.8) is 0 Å². The van der Waals surface area contributed by atoms with Crippen molar-refractivity contribution in [2.75, 3.05) is 19.6 Å². The Morgan fingerprint density at radius 3 is 2.62 bits per heavy atom. The zero-order chi connectivity index (χ0) is 11.6. The van der Waals surface area contributed by atoms with Gasteiger partial charge in [0.2, 0.25) is 0 Å². The summed E-state index contributed by atoms with van der Waals surface area (Å²) < 4.78 is 28.2. The molecule has 2 fully saturated rings. The summed E-state index contributed by atoms with van der Waals surface area (Å²) in [4.78, 5) is 0. The predicted octanol–water partition coefficient (Wildman–Crippen LogP) is 0.0571. The third kappa shape index (κ3) is 3.16. The maximum atomic E-state index is 12.0. The predicted molar refractivity (Wildman–Crippen MR) is 63.3 cm³/mol. The van der Waals surface area contributed by atoms with Gasteiger partial charge in [0.15, 0.2) is 0 Å². The van der Waals surface area contributed by atoms with Crippen molar-refractivity contribution in [3.8, 4) is 0 Å². The Hall–Kier alpha value is -0.170. The van der Waals surface area contributed by atoms with E-state index in [1.54, 1.807) is 4.31 Å². The highest BCUT2D eigenvalue weighted by atomic mass is 32.2. The molecular weight excluding hydrogens is 226 g/mol. The highest BCUT2D eigenvalue weighted by molar-refractivity contribution is 7.87. The molecule has 0 bridgehead atoms. The molecule has 0 amide bonds. The monoisotopic (exact) mass is 247 g/mol. The fourth-order valence-electron chi connectivity index (χ4n) is 2.04. The van der Waals surface area contributed by atoms with Crippen LogP contribution in [0.25, 0.3) is 0 Å². The fraction of sp³-hybridized carbons (Fsp3) is 1.00. The van der Waals surface area contributed by atoms with Crippen LogP contribution in [0.1, 0.15) is 32.6 Å². The average Bonchev–Trinajstić information content (AvgIpc) is 2.88. The Balaban J connectivity index is 1.91. The number of nitrogens with zero attached hydrogens (tertiary/aromatic N) is 1. The van der Waals surface area contributed by atoms with Gasteiger partial charge in [-0.15, -0.1) is 0 Å². The minimum atomic E-state index is -3.25. The molecule has 1 saturated heterocycles. The number of likely N-dealkylation sites (N-methyl/N-ethyl adjacent to an activating group) is 1. The van der Waals surface area contributed by atoms with Crippen LogP contribution in [0.15, 0.2) is 0 Å². The summed E-state index contributed by atoms with van der Waals surface area (Å²) in [5.41, 5.74) is 0. The Bertz CT molecular complexity index is 321. The smallest absolute Gasteiger partial charge is 0.279 e. The van der Waals surface area contributed by atoms with Crippen molar-refractivity contribution in [1.82, 2.24) is 14.3 Å². The molecule has 5 nitrogen and oxygen atoms in total. The van der Waals surface area contributed by atoms with E-state index in [-0.39, 0.29) is 6.04 Å². The first-order chi connectivity index (χ1) is 7.62. The van der Waals surface area contributed by atoms with Crippen LogP contribution in [0, 0.1) is 0 Å². The standard InChI is InChI=1S/C10H21N3O2S/c1-2-13(8-10-4-3-7-11-10)16(14,15)12-9-5-6-9/h9-12H,2-8H2,1H3. The molecular formula is C10H21N3O2S. The Morgan fingerprint density at radius 2 is 2.12 bits per heavy atom. The van der Waals surface area contributed by atoms with Gasteiger partial charge in [0, 0.05) is 25.2 Å². The third-order valence-electron chi connectivity index (χ3n) is 3.17. The zero-order valence-electron chi connectivity index (χ0n) is 9.78. The van der Waals surface area contributed by atoms with E-state index in [2.05, 4.69) is 10.0 Å². The first-order valence-electron chi connectivity index (χ1n) is 6.12. The minimum absolute atomic E-state index is 0.190. The quantitative estimate of drug-likeness (QED) is 0.697. The van der Waals surface area contributed by atoms with Crippen molar-refractivity contribution in [3.05, 3.63) is 0 Å². The molecule has 94 valence electrons. The molecule has 2 aliphatic rings. The van der Waals surface area contributed by atoms with Gasteiger partial charge in [-0.1, -0.05) is 6.92 Å². The van der Waals surface area contributed by atoms with Crippen LogP contribution in [0.3, 0.4) is 0 Å². The summed E-state index contributed by atoms with van der Waals surface area (Å²) >= 11 is 0. The van der Waals surface area contributed by atoms with Gasteiger partial charge in [-0.05, 0) is 32.2 Å². The Morgan fingerprint density at radius 1 is 1.38 bits per heavy atom. The van der Waals surface area contributed by atoms with Crippen molar-refractivity contribution in [2.45, 2.75) is 44.7 Å². The minimum Gasteiger partial charge on any atom is -0.313 e. The number of rotatable bonds is 6. The lowest BCUT2D eigenvalue weighted by Gasteiger charge is -2.23. The molecule has 6 heteroatoms. The maximum absolute atomic E-state index is 12.0. The second-order valence-corrected chi connectivity index (χ2v) is 6.34. The van der Waals surface area contributed by atoms with Crippen LogP contribution in [0.5, 0.6) is 0 Å². The molecule has 0 aromatic carbocycles. The molecule has 1 aliphatic heterocycles. The molecule has 1 unspecified atom stereocenters. The molecule has 1 saturated carbocycles. The molecule has 0 aromatic heterocycles. The highest BCUT2D eigenvalue weighted by Crippen LogP contribution is 2.21. The topological polar surface area (TPSA) is 61.4 Å². The van der Waals surface area contributed by atoms with Gasteiger partial charge >= 0.3 is 0 Å². The normalized spacial score (nSPS) is 26.5. The van der Waals surface area contributed by atoms with Crippen LogP contribution in [0.2, 0.25) is 0 Å². The number of hydrogen-bond donors (Lipinski definition) is 2. The number of hydrogen-bond acceptors (Lipinski definition) is 3. The lowest BCUT2D eigenvalue weighted by molar-refractivity contribution is 0.376. The largest absolute Gasteiger partial charge is 0.313 e. The van der Waals surface area contributed by atoms with Crippen molar-refractivity contribution in [1.29, 1.82) is 0 Å². The van der Waals surface area contributed by atoms with Crippen LogP contribution in [-0.4, -0.2) is 44.4 Å². The molecule has 16 heavy (non-hydrogen) atoms. The molecule has 2 rings (SSSR count). The van der Waals surface area contributed by atoms with Crippen LogP contribution in [-0.2, 0) is 10.2 Å². The van der Waals surface area contributed by atoms with E-state index in [9.17, 15) is 8.42 Å². The maximum Gasteiger partial charge on any atom is 0.279 e. The van der Waals surface area contributed by atoms with Crippen LogP contribution >= 0.6 is 0 Å². The van der Waals surface area contributed by atoms with E-state index < -0.39 is 10.2 Å². The second-order valence-electron chi connectivity index (χ2n) is 4.64. The van der Waals surface area contributed by atoms with Gasteiger partial charge in [-0.25, -0.2) is 0 Å². The molecule has 1 aliphatic carbocycles. The average molecular weight is 247 g/mol. The first-order valence-corrected chi connectivity index (χ1v) is 7.56. The summed E-state index contributed by atoms with van der Waals surface area (Å²) in [6.45, 7) is 4.04. The van der Waals surface area contributed by atoms with Crippen LogP contribution in [0.4, 0.5) is 0 Å². The summed E-state index contributed by atoms with van der Waals surface area (Å²) in [6, 6.07) is 0.520. The number of nitrogens with one attached hydrogen (secondary N) is 2. The molecule has 0 aromatic rings. The third-order valence-corrected chi connectivity index (χ3v) is 4.89. The lowest BCUT2D eigenvalue weighted by Crippen LogP contribution is -2.46. The summed E-state index contributed by atoms with van der Waals surface area (Å²) in [5, 5.41) is 3.33. The van der Waals surface area contributed by atoms with E-state index >= 15 is 0 Å². The van der Waals surface area contributed by atoms with Crippen molar-refractivity contribution in [2.24, 2.45) is 0 Å². The molecule has 2 N–H and O–H groups in total. The zero-order valence-corrected chi connectivity index (χ0v) is 10.6. The van der Waals surface area contributed by atoms with E-state index in [1.165, 1.54) is 0 Å². The lowest BCUT2D eigenvalue weighted by atomic mass is 10.2. The summed E-state index contributed by atoms with van der Waals surface area (Å²) in [6.07, 6.45) is 4.20. The Labute approximate surface area is 97.8 Å². The van der Waals surface area contributed by atoms with Gasteiger partial charge in [0.05, 0.1) is 0 Å². The van der Waals surface area contributed by atoms with Gasteiger partial charge < -0.3 is 5.32 Å². The second kappa shape index (κ2) is 5.00. The van der Waals surface area contributed by atoms with Gasteiger partial charge in [0.1, 0.15) is 0 Å². The van der Waals surface area contributed by atoms with E-state index in [0.29, 0.717) is 19.1 Å². The van der Waals surface area contributed by atoms with Crippen LogP contribution < -0.4 is 10.0 Å². The molecule has 1 heterocycles. The molecule has 1 atom stereocenters. The van der Waals surface area contributed by atoms with Gasteiger partial charge in [0.25, 0.3) is 10.2 Å². The Kier molecular flexibility index (Phi) is 3.84. The summed E-state index contributed by atoms with van der Waals surface area (Å²) in [5.74, 6) is 0. The SMILES string of the molecule is CCN(CC1CCCN1)S(=O)(=O)NC1CC1. The summed E-state index contributed by atoms with van der Waals surface area (Å²) in [7, 11) is -3.25. The van der Waals surface area contributed by atoms with Crippen molar-refractivity contribution < 1.29 is 8.42 Å². The van der Waals surface area contributed by atoms with E-state index in [4.69, 9.17) is 0 Å². The molecule has 0 spiro atoms. The molecule has 0 radical (unpaired) electrons. The van der Waals surface area contributed by atoms with E-state index in [0.717, 1.165) is 32.2 Å². The van der Waals surface area contributed by atoms with E-state index in [1.807, 2.05) is 6.92 Å². The fourth-order valence-corrected chi connectivity index (χ4v) is 3.56.